The third-order valence-electron chi connectivity index (χ3n) is 3.26. The van der Waals surface area contributed by atoms with E-state index in [0.717, 1.165) is 31.6 Å². The summed E-state index contributed by atoms with van der Waals surface area (Å²) in [6.45, 7) is 3.09. The van der Waals surface area contributed by atoms with Gasteiger partial charge in [0.25, 0.3) is 0 Å². The maximum Gasteiger partial charge on any atom is 0.337 e. The molecule has 5 nitrogen and oxygen atoms in total. The first-order chi connectivity index (χ1) is 8.13. The number of hydrogen-bond acceptors (Lipinski definition) is 4. The topological polar surface area (TPSA) is 79.5 Å². The number of aromatic nitrogens is 1. The smallest absolute Gasteiger partial charge is 0.337 e. The molecule has 1 unspecified atom stereocenters. The highest BCUT2D eigenvalue weighted by Crippen LogP contribution is 2.30. The van der Waals surface area contributed by atoms with E-state index in [-0.39, 0.29) is 5.56 Å². The summed E-state index contributed by atoms with van der Waals surface area (Å²) < 4.78 is 0. The lowest BCUT2D eigenvalue weighted by molar-refractivity contribution is 0.0696. The van der Waals surface area contributed by atoms with Crippen molar-refractivity contribution in [3.63, 3.8) is 0 Å². The molecule has 0 aromatic carbocycles. The van der Waals surface area contributed by atoms with E-state index >= 15 is 0 Å². The Hall–Kier alpha value is -1.78. The minimum absolute atomic E-state index is 0.137. The highest BCUT2D eigenvalue weighted by Gasteiger charge is 2.25. The van der Waals surface area contributed by atoms with Crippen molar-refractivity contribution in [2.24, 2.45) is 0 Å². The van der Waals surface area contributed by atoms with Crippen LogP contribution in [0.2, 0.25) is 0 Å². The first-order valence-electron chi connectivity index (χ1n) is 5.89. The summed E-state index contributed by atoms with van der Waals surface area (Å²) in [5, 5.41) is 8.85. The molecule has 0 amide bonds. The zero-order chi connectivity index (χ0) is 12.4. The Labute approximate surface area is 100 Å². The van der Waals surface area contributed by atoms with Gasteiger partial charge in [-0.25, -0.2) is 9.78 Å². The van der Waals surface area contributed by atoms with Crippen molar-refractivity contribution in [3.05, 3.63) is 17.8 Å². The molecule has 2 rings (SSSR count). The summed E-state index contributed by atoms with van der Waals surface area (Å²) in [5.41, 5.74) is 6.48. The highest BCUT2D eigenvalue weighted by atomic mass is 16.4. The minimum Gasteiger partial charge on any atom is -0.478 e. The predicted octanol–water partition coefficient (Wildman–Crippen LogP) is 1.74. The maximum absolute atomic E-state index is 10.8. The predicted molar refractivity (Wildman–Crippen MR) is 66.3 cm³/mol. The molecular weight excluding hydrogens is 218 g/mol. The fourth-order valence-corrected chi connectivity index (χ4v) is 2.37. The van der Waals surface area contributed by atoms with Crippen molar-refractivity contribution in [2.45, 2.75) is 32.2 Å². The summed E-state index contributed by atoms with van der Waals surface area (Å²) in [6, 6.07) is 1.95. The maximum atomic E-state index is 10.8. The second-order valence-electron chi connectivity index (χ2n) is 4.34. The Kier molecular flexibility index (Phi) is 3.17. The molecule has 0 aliphatic carbocycles. The Morgan fingerprint density at radius 1 is 1.71 bits per heavy atom. The summed E-state index contributed by atoms with van der Waals surface area (Å²) in [4.78, 5) is 17.2. The van der Waals surface area contributed by atoms with Gasteiger partial charge in [0.1, 0.15) is 0 Å². The first-order valence-corrected chi connectivity index (χ1v) is 5.89. The summed E-state index contributed by atoms with van der Waals surface area (Å²) in [6.07, 6.45) is 4.72. The number of nitrogens with two attached hydrogens (primary N) is 1. The van der Waals surface area contributed by atoms with Crippen LogP contribution in [0, 0.1) is 0 Å². The molecule has 1 aromatic heterocycles. The van der Waals surface area contributed by atoms with Crippen molar-refractivity contribution in [2.75, 3.05) is 17.2 Å². The van der Waals surface area contributed by atoms with E-state index in [0.29, 0.717) is 11.7 Å². The van der Waals surface area contributed by atoms with E-state index in [1.807, 2.05) is 0 Å². The third-order valence-corrected chi connectivity index (χ3v) is 3.26. The molecule has 1 fully saturated rings. The molecule has 1 aliphatic heterocycles. The molecule has 0 spiro atoms. The second-order valence-corrected chi connectivity index (χ2v) is 4.34. The Bertz CT molecular complexity index is 434. The number of anilines is 2. The van der Waals surface area contributed by atoms with Gasteiger partial charge in [-0.15, -0.1) is 0 Å². The lowest BCUT2D eigenvalue weighted by atomic mass is 10.1. The molecule has 2 heterocycles. The van der Waals surface area contributed by atoms with Crippen molar-refractivity contribution in [3.8, 4) is 0 Å². The molecule has 1 saturated heterocycles. The van der Waals surface area contributed by atoms with Gasteiger partial charge in [0, 0.05) is 18.8 Å². The molecule has 0 saturated carbocycles. The molecule has 0 bridgehead atoms. The minimum atomic E-state index is -0.996. The second kappa shape index (κ2) is 4.61. The van der Waals surface area contributed by atoms with Crippen molar-refractivity contribution in [1.82, 2.24) is 4.98 Å². The van der Waals surface area contributed by atoms with E-state index in [9.17, 15) is 4.79 Å². The number of carboxylic acid groups (broad SMARTS) is 1. The van der Waals surface area contributed by atoms with Gasteiger partial charge in [0.15, 0.2) is 5.82 Å². The Balaban J connectivity index is 2.30. The Morgan fingerprint density at radius 3 is 3.06 bits per heavy atom. The normalized spacial score (nSPS) is 19.6. The molecule has 1 aromatic rings. The lowest BCUT2D eigenvalue weighted by Crippen LogP contribution is -2.30. The van der Waals surface area contributed by atoms with Crippen LogP contribution in [0.15, 0.2) is 12.3 Å². The van der Waals surface area contributed by atoms with Crippen LogP contribution in [0.3, 0.4) is 0 Å². The van der Waals surface area contributed by atoms with Gasteiger partial charge in [0.05, 0.1) is 11.3 Å². The number of hydrogen-bond donors (Lipinski definition) is 2. The SMILES string of the molecule is CCC1CCCN1c1ncc(C(=O)O)cc1N. The number of nitrogen functional groups attached to an aromatic ring is 1. The molecule has 92 valence electrons. The fraction of sp³-hybridized carbons (Fsp3) is 0.500. The zero-order valence-electron chi connectivity index (χ0n) is 9.89. The van der Waals surface area contributed by atoms with E-state index < -0.39 is 5.97 Å². The number of pyridine rings is 1. The third kappa shape index (κ3) is 2.18. The van der Waals surface area contributed by atoms with Gasteiger partial charge < -0.3 is 15.7 Å². The number of aromatic carboxylic acids is 1. The van der Waals surface area contributed by atoms with Crippen LogP contribution in [-0.4, -0.2) is 28.6 Å². The molecule has 1 aliphatic rings. The first kappa shape index (κ1) is 11.7. The van der Waals surface area contributed by atoms with E-state index in [4.69, 9.17) is 10.8 Å². The summed E-state index contributed by atoms with van der Waals surface area (Å²) in [7, 11) is 0. The van der Waals surface area contributed by atoms with E-state index in [1.54, 1.807) is 0 Å². The number of carboxylic acids is 1. The summed E-state index contributed by atoms with van der Waals surface area (Å²) >= 11 is 0. The number of nitrogens with zero attached hydrogens (tertiary/aromatic N) is 2. The van der Waals surface area contributed by atoms with Crippen molar-refractivity contribution < 1.29 is 9.90 Å². The van der Waals surface area contributed by atoms with Crippen LogP contribution >= 0.6 is 0 Å². The van der Waals surface area contributed by atoms with Gasteiger partial charge in [-0.1, -0.05) is 6.92 Å². The highest BCUT2D eigenvalue weighted by molar-refractivity contribution is 5.89. The monoisotopic (exact) mass is 235 g/mol. The standard InChI is InChI=1S/C12H17N3O2/c1-2-9-4-3-5-15(9)11-10(13)6-8(7-14-11)12(16)17/h6-7,9H,2-5,13H2,1H3,(H,16,17). The van der Waals surface area contributed by atoms with Gasteiger partial charge in [-0.2, -0.15) is 0 Å². The largest absolute Gasteiger partial charge is 0.478 e. The number of rotatable bonds is 3. The van der Waals surface area contributed by atoms with E-state index in [1.165, 1.54) is 12.3 Å². The average Bonchev–Trinajstić information content (AvgIpc) is 2.76. The van der Waals surface area contributed by atoms with Crippen LogP contribution in [0.25, 0.3) is 0 Å². The quantitative estimate of drug-likeness (QED) is 0.834. The van der Waals surface area contributed by atoms with Gasteiger partial charge in [0.2, 0.25) is 0 Å². The molecular formula is C12H17N3O2. The summed E-state index contributed by atoms with van der Waals surface area (Å²) in [5.74, 6) is -0.274. The van der Waals surface area contributed by atoms with Crippen LogP contribution in [0.5, 0.6) is 0 Å². The lowest BCUT2D eigenvalue weighted by Gasteiger charge is -2.25. The van der Waals surface area contributed by atoms with Crippen molar-refractivity contribution >= 4 is 17.5 Å². The zero-order valence-corrected chi connectivity index (χ0v) is 9.89. The van der Waals surface area contributed by atoms with Crippen LogP contribution in [-0.2, 0) is 0 Å². The van der Waals surface area contributed by atoms with Gasteiger partial charge in [-0.3, -0.25) is 0 Å². The van der Waals surface area contributed by atoms with Crippen LogP contribution < -0.4 is 10.6 Å². The molecule has 0 radical (unpaired) electrons. The Morgan fingerprint density at radius 2 is 2.47 bits per heavy atom. The average molecular weight is 235 g/mol. The van der Waals surface area contributed by atoms with Crippen LogP contribution in [0.1, 0.15) is 36.5 Å². The van der Waals surface area contributed by atoms with Crippen LogP contribution in [0.4, 0.5) is 11.5 Å². The molecule has 17 heavy (non-hydrogen) atoms. The molecule has 3 N–H and O–H groups in total. The molecule has 5 heteroatoms. The fourth-order valence-electron chi connectivity index (χ4n) is 2.37. The van der Waals surface area contributed by atoms with E-state index in [2.05, 4.69) is 16.8 Å². The van der Waals surface area contributed by atoms with Gasteiger partial charge in [-0.05, 0) is 25.3 Å². The van der Waals surface area contributed by atoms with Gasteiger partial charge >= 0.3 is 5.97 Å². The number of carbonyl (C=O) groups is 1. The molecule has 1 atom stereocenters. The van der Waals surface area contributed by atoms with Crippen molar-refractivity contribution in [1.29, 1.82) is 0 Å².